The van der Waals surface area contributed by atoms with Gasteiger partial charge in [0, 0.05) is 18.4 Å². The standard InChI is InChI=1S/C18H18N4O4S/c1-26-16-6-2-13(3-7-16)11-22-18(23)14(10-19)12-21-15-4-8-17(9-5-15)27(20,24)25/h2-9,12,21H,11H2,1H3,(H,22,23)(H2,20,24,25)/b14-12-. The van der Waals surface area contributed by atoms with Crippen molar-refractivity contribution in [3.8, 4) is 11.8 Å². The number of sulfonamides is 1. The highest BCUT2D eigenvalue weighted by atomic mass is 32.2. The largest absolute Gasteiger partial charge is 0.497 e. The molecule has 0 radical (unpaired) electrons. The first-order chi connectivity index (χ1) is 12.8. The summed E-state index contributed by atoms with van der Waals surface area (Å²) in [5.74, 6) is 0.169. The Morgan fingerprint density at radius 3 is 2.33 bits per heavy atom. The molecule has 0 spiro atoms. The van der Waals surface area contributed by atoms with E-state index in [-0.39, 0.29) is 17.0 Å². The van der Waals surface area contributed by atoms with E-state index in [2.05, 4.69) is 10.6 Å². The Morgan fingerprint density at radius 2 is 1.81 bits per heavy atom. The summed E-state index contributed by atoms with van der Waals surface area (Å²) < 4.78 is 27.5. The molecular weight excluding hydrogens is 368 g/mol. The molecule has 0 fully saturated rings. The van der Waals surface area contributed by atoms with E-state index in [0.29, 0.717) is 11.4 Å². The molecule has 0 aliphatic heterocycles. The fourth-order valence-corrected chi connectivity index (χ4v) is 2.58. The third kappa shape index (κ3) is 5.85. The van der Waals surface area contributed by atoms with Crippen LogP contribution in [-0.4, -0.2) is 21.4 Å². The number of methoxy groups -OCH3 is 1. The minimum absolute atomic E-state index is 0.0326. The molecule has 27 heavy (non-hydrogen) atoms. The lowest BCUT2D eigenvalue weighted by Crippen LogP contribution is -2.24. The zero-order valence-corrected chi connectivity index (χ0v) is 15.3. The Morgan fingerprint density at radius 1 is 1.19 bits per heavy atom. The molecule has 0 heterocycles. The number of primary sulfonamides is 1. The number of anilines is 1. The van der Waals surface area contributed by atoms with Crippen molar-refractivity contribution in [2.45, 2.75) is 11.4 Å². The van der Waals surface area contributed by atoms with Crippen LogP contribution in [0.5, 0.6) is 5.75 Å². The lowest BCUT2D eigenvalue weighted by Gasteiger charge is -2.07. The van der Waals surface area contributed by atoms with Crippen LogP contribution in [0.3, 0.4) is 0 Å². The number of hydrogen-bond donors (Lipinski definition) is 3. The number of nitrogens with two attached hydrogens (primary N) is 1. The molecule has 0 aliphatic rings. The molecule has 2 aromatic carbocycles. The zero-order chi connectivity index (χ0) is 19.9. The van der Waals surface area contributed by atoms with Crippen LogP contribution in [0.2, 0.25) is 0 Å². The topological polar surface area (TPSA) is 134 Å². The first-order valence-electron chi connectivity index (χ1n) is 7.74. The molecule has 4 N–H and O–H groups in total. The van der Waals surface area contributed by atoms with Crippen LogP contribution < -0.4 is 20.5 Å². The third-order valence-electron chi connectivity index (χ3n) is 3.54. The van der Waals surface area contributed by atoms with Gasteiger partial charge in [-0.25, -0.2) is 13.6 Å². The molecule has 0 aliphatic carbocycles. The first-order valence-corrected chi connectivity index (χ1v) is 9.29. The summed E-state index contributed by atoms with van der Waals surface area (Å²) in [4.78, 5) is 12.1. The second-order valence-corrected chi connectivity index (χ2v) is 6.98. The van der Waals surface area contributed by atoms with Crippen LogP contribution in [0.4, 0.5) is 5.69 Å². The van der Waals surface area contributed by atoms with Gasteiger partial charge >= 0.3 is 0 Å². The Balaban J connectivity index is 1.98. The summed E-state index contributed by atoms with van der Waals surface area (Å²) >= 11 is 0. The van der Waals surface area contributed by atoms with E-state index >= 15 is 0 Å². The van der Waals surface area contributed by atoms with E-state index in [1.165, 1.54) is 30.5 Å². The molecule has 0 saturated carbocycles. The quantitative estimate of drug-likeness (QED) is 0.487. The fraction of sp³-hybridized carbons (Fsp3) is 0.111. The van der Waals surface area contributed by atoms with Gasteiger partial charge in [0.05, 0.1) is 12.0 Å². The number of nitrogens with zero attached hydrogens (tertiary/aromatic N) is 1. The molecular formula is C18H18N4O4S. The number of ether oxygens (including phenoxy) is 1. The van der Waals surface area contributed by atoms with Gasteiger partial charge in [-0.15, -0.1) is 0 Å². The summed E-state index contributed by atoms with van der Waals surface area (Å²) in [5, 5.41) is 19.6. The first kappa shape index (κ1) is 20.0. The normalized spacial score (nSPS) is 11.4. The van der Waals surface area contributed by atoms with Crippen LogP contribution in [-0.2, 0) is 21.4 Å². The number of carbonyl (C=O) groups excluding carboxylic acids is 1. The molecule has 8 nitrogen and oxygen atoms in total. The maximum absolute atomic E-state index is 12.1. The number of nitriles is 1. The van der Waals surface area contributed by atoms with E-state index in [4.69, 9.17) is 15.1 Å². The van der Waals surface area contributed by atoms with Crippen molar-refractivity contribution in [1.29, 1.82) is 5.26 Å². The number of hydrogen-bond acceptors (Lipinski definition) is 6. The lowest BCUT2D eigenvalue weighted by molar-refractivity contribution is -0.117. The smallest absolute Gasteiger partial charge is 0.263 e. The van der Waals surface area contributed by atoms with E-state index in [1.807, 2.05) is 6.07 Å². The van der Waals surface area contributed by atoms with Gasteiger partial charge in [-0.1, -0.05) is 12.1 Å². The van der Waals surface area contributed by atoms with Gasteiger partial charge in [-0.05, 0) is 42.0 Å². The second-order valence-electron chi connectivity index (χ2n) is 5.41. The third-order valence-corrected chi connectivity index (χ3v) is 4.47. The lowest BCUT2D eigenvalue weighted by atomic mass is 10.2. The monoisotopic (exact) mass is 386 g/mol. The Bertz CT molecular complexity index is 976. The van der Waals surface area contributed by atoms with Gasteiger partial charge in [0.25, 0.3) is 5.91 Å². The molecule has 2 rings (SSSR count). The van der Waals surface area contributed by atoms with Crippen molar-refractivity contribution in [2.75, 3.05) is 12.4 Å². The van der Waals surface area contributed by atoms with Crippen LogP contribution in [0.25, 0.3) is 0 Å². The number of amides is 1. The van der Waals surface area contributed by atoms with E-state index in [1.54, 1.807) is 31.4 Å². The van der Waals surface area contributed by atoms with Crippen molar-refractivity contribution in [3.05, 3.63) is 65.9 Å². The van der Waals surface area contributed by atoms with E-state index < -0.39 is 15.9 Å². The number of rotatable bonds is 7. The van der Waals surface area contributed by atoms with Crippen molar-refractivity contribution in [2.24, 2.45) is 5.14 Å². The molecule has 0 bridgehead atoms. The Labute approximate surface area is 157 Å². The van der Waals surface area contributed by atoms with Gasteiger partial charge in [-0.2, -0.15) is 5.26 Å². The average molecular weight is 386 g/mol. The zero-order valence-electron chi connectivity index (χ0n) is 14.5. The highest BCUT2D eigenvalue weighted by Crippen LogP contribution is 2.13. The van der Waals surface area contributed by atoms with Gasteiger partial charge in [0.15, 0.2) is 0 Å². The average Bonchev–Trinajstić information content (AvgIpc) is 2.67. The molecule has 140 valence electrons. The molecule has 2 aromatic rings. The summed E-state index contributed by atoms with van der Waals surface area (Å²) in [5.41, 5.74) is 1.23. The summed E-state index contributed by atoms with van der Waals surface area (Å²) in [6.07, 6.45) is 1.25. The summed E-state index contributed by atoms with van der Waals surface area (Å²) in [7, 11) is -2.21. The van der Waals surface area contributed by atoms with Crippen LogP contribution in [0, 0.1) is 11.3 Å². The van der Waals surface area contributed by atoms with Crippen LogP contribution in [0.1, 0.15) is 5.56 Å². The molecule has 1 amide bonds. The molecule has 0 atom stereocenters. The Kier molecular flexibility index (Phi) is 6.54. The van der Waals surface area contributed by atoms with Crippen molar-refractivity contribution >= 4 is 21.6 Å². The van der Waals surface area contributed by atoms with E-state index in [9.17, 15) is 13.2 Å². The van der Waals surface area contributed by atoms with Gasteiger partial charge in [0.1, 0.15) is 17.4 Å². The van der Waals surface area contributed by atoms with Gasteiger partial charge < -0.3 is 15.4 Å². The predicted octanol–water partition coefficient (Wildman–Crippen LogP) is 1.48. The fourth-order valence-electron chi connectivity index (χ4n) is 2.07. The highest BCUT2D eigenvalue weighted by molar-refractivity contribution is 7.89. The SMILES string of the molecule is COc1ccc(CNC(=O)/C(C#N)=C\Nc2ccc(S(N)(=O)=O)cc2)cc1. The minimum Gasteiger partial charge on any atom is -0.497 e. The van der Waals surface area contributed by atoms with Gasteiger partial charge in [0.2, 0.25) is 10.0 Å². The van der Waals surface area contributed by atoms with Crippen LogP contribution in [0.15, 0.2) is 65.2 Å². The molecule has 0 unspecified atom stereocenters. The Hall–Kier alpha value is -3.35. The number of benzene rings is 2. The number of carbonyl (C=O) groups is 1. The molecule has 0 saturated heterocycles. The van der Waals surface area contributed by atoms with Crippen molar-refractivity contribution in [3.63, 3.8) is 0 Å². The summed E-state index contributed by atoms with van der Waals surface area (Å²) in [6, 6.07) is 14.6. The van der Waals surface area contributed by atoms with Crippen molar-refractivity contribution in [1.82, 2.24) is 5.32 Å². The van der Waals surface area contributed by atoms with Crippen LogP contribution >= 0.6 is 0 Å². The maximum Gasteiger partial charge on any atom is 0.263 e. The number of nitrogens with one attached hydrogen (secondary N) is 2. The maximum atomic E-state index is 12.1. The predicted molar refractivity (Wildman–Crippen MR) is 100.0 cm³/mol. The second kappa shape index (κ2) is 8.84. The highest BCUT2D eigenvalue weighted by Gasteiger charge is 2.09. The molecule has 0 aromatic heterocycles. The minimum atomic E-state index is -3.77. The van der Waals surface area contributed by atoms with Gasteiger partial charge in [-0.3, -0.25) is 4.79 Å². The van der Waals surface area contributed by atoms with E-state index in [0.717, 1.165) is 5.56 Å². The molecule has 9 heteroatoms. The summed E-state index contributed by atoms with van der Waals surface area (Å²) in [6.45, 7) is 0.255. The van der Waals surface area contributed by atoms with Crippen molar-refractivity contribution < 1.29 is 17.9 Å².